The molecule has 0 fully saturated rings. The molecular formula is C12H10F3NO3S. The van der Waals surface area contributed by atoms with Gasteiger partial charge in [0.2, 0.25) is 5.43 Å². The van der Waals surface area contributed by atoms with Crippen molar-refractivity contribution in [3.63, 3.8) is 0 Å². The molecule has 1 aromatic heterocycles. The minimum Gasteiger partial charge on any atom is -0.349 e. The number of fused-ring (bicyclic) bond motifs is 1. The van der Waals surface area contributed by atoms with Crippen molar-refractivity contribution >= 4 is 20.7 Å². The summed E-state index contributed by atoms with van der Waals surface area (Å²) >= 11 is 0. The average molecular weight is 305 g/mol. The van der Waals surface area contributed by atoms with E-state index >= 15 is 0 Å². The first-order valence-corrected chi connectivity index (χ1v) is 7.31. The van der Waals surface area contributed by atoms with Gasteiger partial charge in [0.15, 0.2) is 9.84 Å². The second-order valence-corrected chi connectivity index (χ2v) is 6.42. The van der Waals surface area contributed by atoms with E-state index < -0.39 is 31.9 Å². The molecule has 108 valence electrons. The predicted octanol–water partition coefficient (Wildman–Crippen LogP) is 1.96. The van der Waals surface area contributed by atoms with Gasteiger partial charge in [0.1, 0.15) is 4.90 Å². The van der Waals surface area contributed by atoms with Gasteiger partial charge in [-0.05, 0) is 18.2 Å². The molecule has 20 heavy (non-hydrogen) atoms. The minimum absolute atomic E-state index is 0.0252. The van der Waals surface area contributed by atoms with Crippen LogP contribution >= 0.6 is 0 Å². The third kappa shape index (κ3) is 2.43. The summed E-state index contributed by atoms with van der Waals surface area (Å²) in [6, 6.07) is 2.58. The number of benzene rings is 1. The van der Waals surface area contributed by atoms with Crippen LogP contribution in [0.25, 0.3) is 10.9 Å². The average Bonchev–Trinajstić information content (AvgIpc) is 2.30. The van der Waals surface area contributed by atoms with Gasteiger partial charge in [-0.2, -0.15) is 13.2 Å². The third-order valence-electron chi connectivity index (χ3n) is 2.88. The zero-order valence-corrected chi connectivity index (χ0v) is 11.3. The van der Waals surface area contributed by atoms with Gasteiger partial charge in [0.25, 0.3) is 0 Å². The molecule has 0 N–H and O–H groups in total. The van der Waals surface area contributed by atoms with Gasteiger partial charge < -0.3 is 4.57 Å². The Morgan fingerprint density at radius 1 is 1.20 bits per heavy atom. The molecule has 4 nitrogen and oxygen atoms in total. The quantitative estimate of drug-likeness (QED) is 0.809. The second-order valence-electron chi connectivity index (χ2n) is 4.44. The van der Waals surface area contributed by atoms with Crippen molar-refractivity contribution in [2.45, 2.75) is 11.1 Å². The van der Waals surface area contributed by atoms with E-state index in [1.54, 1.807) is 0 Å². The van der Waals surface area contributed by atoms with Crippen LogP contribution in [0.1, 0.15) is 5.56 Å². The molecule has 1 heterocycles. The first kappa shape index (κ1) is 14.6. The maximum Gasteiger partial charge on any atom is 0.416 e. The molecule has 0 atom stereocenters. The molecule has 0 saturated heterocycles. The SMILES string of the molecule is Cn1cc(S(C)(=O)=O)c(=O)c2ccc(C(F)(F)F)cc21. The summed E-state index contributed by atoms with van der Waals surface area (Å²) in [4.78, 5) is 11.6. The summed E-state index contributed by atoms with van der Waals surface area (Å²) in [6.45, 7) is 0. The van der Waals surface area contributed by atoms with Crippen LogP contribution in [0, 0.1) is 0 Å². The van der Waals surface area contributed by atoms with E-state index in [4.69, 9.17) is 0 Å². The minimum atomic E-state index is -4.53. The topological polar surface area (TPSA) is 56.1 Å². The fourth-order valence-electron chi connectivity index (χ4n) is 1.89. The number of rotatable bonds is 1. The van der Waals surface area contributed by atoms with Crippen molar-refractivity contribution in [3.8, 4) is 0 Å². The number of halogens is 3. The fourth-order valence-corrected chi connectivity index (χ4v) is 2.69. The number of aryl methyl sites for hydroxylation is 1. The van der Waals surface area contributed by atoms with Crippen LogP contribution in [-0.4, -0.2) is 19.2 Å². The lowest BCUT2D eigenvalue weighted by Crippen LogP contribution is -2.18. The highest BCUT2D eigenvalue weighted by Gasteiger charge is 2.31. The number of pyridine rings is 1. The Hall–Kier alpha value is -1.83. The Balaban J connectivity index is 2.90. The van der Waals surface area contributed by atoms with Gasteiger partial charge in [0.05, 0.1) is 11.1 Å². The third-order valence-corrected chi connectivity index (χ3v) is 3.97. The lowest BCUT2D eigenvalue weighted by molar-refractivity contribution is -0.137. The molecule has 2 rings (SSSR count). The molecule has 0 aliphatic carbocycles. The Morgan fingerprint density at radius 3 is 2.30 bits per heavy atom. The van der Waals surface area contributed by atoms with Gasteiger partial charge in [0, 0.05) is 24.9 Å². The number of alkyl halides is 3. The maximum atomic E-state index is 12.6. The van der Waals surface area contributed by atoms with Crippen molar-refractivity contribution in [3.05, 3.63) is 40.2 Å². The highest BCUT2D eigenvalue weighted by molar-refractivity contribution is 7.90. The summed E-state index contributed by atoms with van der Waals surface area (Å²) in [7, 11) is -2.36. The smallest absolute Gasteiger partial charge is 0.349 e. The van der Waals surface area contributed by atoms with Crippen LogP contribution in [0.2, 0.25) is 0 Å². The molecular weight excluding hydrogens is 295 g/mol. The lowest BCUT2D eigenvalue weighted by Gasteiger charge is -2.11. The lowest BCUT2D eigenvalue weighted by atomic mass is 10.1. The molecule has 0 aliphatic rings. The summed E-state index contributed by atoms with van der Waals surface area (Å²) in [6.07, 6.45) is -2.63. The van der Waals surface area contributed by atoms with Gasteiger partial charge in [-0.25, -0.2) is 8.42 Å². The van der Waals surface area contributed by atoms with Crippen molar-refractivity contribution < 1.29 is 21.6 Å². The zero-order valence-electron chi connectivity index (χ0n) is 10.5. The number of sulfone groups is 1. The number of hydrogen-bond acceptors (Lipinski definition) is 3. The first-order valence-electron chi connectivity index (χ1n) is 5.42. The Labute approximate surface area is 112 Å². The van der Waals surface area contributed by atoms with Crippen molar-refractivity contribution in [1.29, 1.82) is 0 Å². The van der Waals surface area contributed by atoms with E-state index in [1.807, 2.05) is 0 Å². The van der Waals surface area contributed by atoms with Gasteiger partial charge >= 0.3 is 6.18 Å². The van der Waals surface area contributed by atoms with Gasteiger partial charge in [-0.15, -0.1) is 0 Å². The highest BCUT2D eigenvalue weighted by Crippen LogP contribution is 2.30. The van der Waals surface area contributed by atoms with Crippen LogP contribution in [0.5, 0.6) is 0 Å². The molecule has 0 bridgehead atoms. The van der Waals surface area contributed by atoms with Crippen molar-refractivity contribution in [2.75, 3.05) is 6.26 Å². The van der Waals surface area contributed by atoms with Gasteiger partial charge in [-0.1, -0.05) is 0 Å². The molecule has 2 aromatic rings. The first-order chi connectivity index (χ1) is 9.01. The Bertz CT molecular complexity index is 851. The van der Waals surface area contributed by atoms with Crippen molar-refractivity contribution in [2.24, 2.45) is 7.05 Å². The molecule has 8 heteroatoms. The van der Waals surface area contributed by atoms with Crippen molar-refractivity contribution in [1.82, 2.24) is 4.57 Å². The van der Waals surface area contributed by atoms with E-state index in [9.17, 15) is 26.4 Å². The largest absolute Gasteiger partial charge is 0.416 e. The zero-order chi connectivity index (χ0) is 15.3. The molecule has 1 aromatic carbocycles. The van der Waals surface area contributed by atoms with E-state index in [2.05, 4.69) is 0 Å². The Morgan fingerprint density at radius 2 is 1.80 bits per heavy atom. The van der Waals surface area contributed by atoms with Crippen LogP contribution in [0.4, 0.5) is 13.2 Å². The molecule has 0 radical (unpaired) electrons. The molecule has 0 unspecified atom stereocenters. The van der Waals surface area contributed by atoms with Crippen LogP contribution < -0.4 is 5.43 Å². The Kier molecular flexibility index (Phi) is 3.16. The van der Waals surface area contributed by atoms with Crippen LogP contribution in [-0.2, 0) is 23.1 Å². The monoisotopic (exact) mass is 305 g/mol. The number of hydrogen-bond donors (Lipinski definition) is 0. The van der Waals surface area contributed by atoms with Crippen LogP contribution in [0.15, 0.2) is 34.1 Å². The molecule has 0 aliphatic heterocycles. The number of nitrogens with zero attached hydrogens (tertiary/aromatic N) is 1. The second kappa shape index (κ2) is 4.34. The summed E-state index contributed by atoms with van der Waals surface area (Å²) in [5.41, 5.74) is -1.67. The molecule has 0 saturated carbocycles. The standard InChI is InChI=1S/C12H10F3NO3S/c1-16-6-10(20(2,18)19)11(17)8-4-3-7(5-9(8)16)12(13,14)15/h3-6H,1-2H3. The normalized spacial score (nSPS) is 12.8. The summed E-state index contributed by atoms with van der Waals surface area (Å²) in [5, 5.41) is -0.0663. The molecule has 0 spiro atoms. The maximum absolute atomic E-state index is 12.6. The van der Waals surface area contributed by atoms with Crippen LogP contribution in [0.3, 0.4) is 0 Å². The summed E-state index contributed by atoms with van der Waals surface area (Å²) in [5.74, 6) is 0. The van der Waals surface area contributed by atoms with Gasteiger partial charge in [-0.3, -0.25) is 4.79 Å². The molecule has 0 amide bonds. The van der Waals surface area contributed by atoms with E-state index in [1.165, 1.54) is 11.6 Å². The predicted molar refractivity (Wildman–Crippen MR) is 67.3 cm³/mol. The number of aromatic nitrogens is 1. The summed E-state index contributed by atoms with van der Waals surface area (Å²) < 4.78 is 62.1. The van der Waals surface area contributed by atoms with E-state index in [0.29, 0.717) is 0 Å². The highest BCUT2D eigenvalue weighted by atomic mass is 32.2. The van der Waals surface area contributed by atoms with E-state index in [0.717, 1.165) is 30.7 Å². The van der Waals surface area contributed by atoms with E-state index in [-0.39, 0.29) is 10.9 Å². The fraction of sp³-hybridized carbons (Fsp3) is 0.250.